The highest BCUT2D eigenvalue weighted by molar-refractivity contribution is 5.95. The van der Waals surface area contributed by atoms with E-state index in [4.69, 9.17) is 9.47 Å². The van der Waals surface area contributed by atoms with Gasteiger partial charge in [0.15, 0.2) is 11.5 Å². The lowest BCUT2D eigenvalue weighted by molar-refractivity contribution is 0.0620. The maximum atomic E-state index is 13.1. The molecule has 1 unspecified atom stereocenters. The molecule has 2 aliphatic heterocycles. The Balaban J connectivity index is 0.00000182. The van der Waals surface area contributed by atoms with Crippen molar-refractivity contribution in [1.82, 2.24) is 19.8 Å². The van der Waals surface area contributed by atoms with Crippen LogP contribution in [0.25, 0.3) is 0 Å². The van der Waals surface area contributed by atoms with Gasteiger partial charge in [0, 0.05) is 44.6 Å². The Morgan fingerprint density at radius 3 is 2.84 bits per heavy atom. The minimum absolute atomic E-state index is 0. The van der Waals surface area contributed by atoms with Crippen LogP contribution in [0.15, 0.2) is 30.6 Å². The fraction of sp³-hybridized carbons (Fsp3) is 0.412. The van der Waals surface area contributed by atoms with Crippen molar-refractivity contribution in [2.24, 2.45) is 7.05 Å². The summed E-state index contributed by atoms with van der Waals surface area (Å²) in [6.45, 7) is 3.16. The molecule has 1 fully saturated rings. The number of fused-ring (bicyclic) bond motifs is 1. The molecule has 1 saturated heterocycles. The molecule has 4 rings (SSSR count). The number of halogens is 1. The molecule has 1 amide bonds. The van der Waals surface area contributed by atoms with Crippen LogP contribution >= 0.6 is 12.4 Å². The zero-order chi connectivity index (χ0) is 16.5. The van der Waals surface area contributed by atoms with E-state index in [2.05, 4.69) is 10.3 Å². The van der Waals surface area contributed by atoms with Crippen LogP contribution in [0.5, 0.6) is 11.5 Å². The number of imidazole rings is 1. The second kappa shape index (κ2) is 7.33. The first kappa shape index (κ1) is 17.6. The predicted molar refractivity (Wildman–Crippen MR) is 94.5 cm³/mol. The van der Waals surface area contributed by atoms with E-state index >= 15 is 0 Å². The largest absolute Gasteiger partial charge is 0.486 e. The van der Waals surface area contributed by atoms with Crippen molar-refractivity contribution in [3.05, 3.63) is 42.0 Å². The van der Waals surface area contributed by atoms with Gasteiger partial charge in [0.05, 0.1) is 0 Å². The molecule has 1 aromatic heterocycles. The number of hydrogen-bond acceptors (Lipinski definition) is 5. The van der Waals surface area contributed by atoms with E-state index in [1.165, 1.54) is 0 Å². The average molecular weight is 365 g/mol. The number of rotatable bonds is 2. The zero-order valence-electron chi connectivity index (χ0n) is 14.0. The van der Waals surface area contributed by atoms with Crippen molar-refractivity contribution in [2.45, 2.75) is 6.04 Å². The molecule has 25 heavy (non-hydrogen) atoms. The summed E-state index contributed by atoms with van der Waals surface area (Å²) in [5.74, 6) is 2.20. The number of amides is 1. The molecule has 0 saturated carbocycles. The molecular formula is C17H21ClN4O3. The molecular weight excluding hydrogens is 344 g/mol. The quantitative estimate of drug-likeness (QED) is 0.872. The van der Waals surface area contributed by atoms with E-state index in [-0.39, 0.29) is 24.4 Å². The fourth-order valence-electron chi connectivity index (χ4n) is 3.22. The number of aryl methyl sites for hydroxylation is 1. The van der Waals surface area contributed by atoms with Gasteiger partial charge in [-0.1, -0.05) is 0 Å². The number of nitrogens with zero attached hydrogens (tertiary/aromatic N) is 3. The van der Waals surface area contributed by atoms with Crippen LogP contribution in [0.3, 0.4) is 0 Å². The molecule has 2 aliphatic rings. The molecule has 134 valence electrons. The van der Waals surface area contributed by atoms with Gasteiger partial charge in [-0.2, -0.15) is 0 Å². The van der Waals surface area contributed by atoms with Gasteiger partial charge in [0.1, 0.15) is 25.1 Å². The number of piperazine rings is 1. The summed E-state index contributed by atoms with van der Waals surface area (Å²) in [5.41, 5.74) is 0.611. The van der Waals surface area contributed by atoms with Crippen LogP contribution in [0.1, 0.15) is 22.2 Å². The van der Waals surface area contributed by atoms with Crippen LogP contribution in [0.2, 0.25) is 0 Å². The number of carbonyl (C=O) groups excluding carboxylic acids is 1. The minimum Gasteiger partial charge on any atom is -0.486 e. The highest BCUT2D eigenvalue weighted by Gasteiger charge is 2.31. The van der Waals surface area contributed by atoms with Crippen molar-refractivity contribution < 1.29 is 14.3 Å². The monoisotopic (exact) mass is 364 g/mol. The Bertz CT molecular complexity index is 764. The average Bonchev–Trinajstić information content (AvgIpc) is 3.06. The summed E-state index contributed by atoms with van der Waals surface area (Å²) in [6.07, 6.45) is 3.66. The van der Waals surface area contributed by atoms with Crippen molar-refractivity contribution >= 4 is 18.3 Å². The third-order valence-electron chi connectivity index (χ3n) is 4.45. The van der Waals surface area contributed by atoms with Gasteiger partial charge in [-0.25, -0.2) is 4.98 Å². The summed E-state index contributed by atoms with van der Waals surface area (Å²) in [4.78, 5) is 19.4. The van der Waals surface area contributed by atoms with Gasteiger partial charge in [0.25, 0.3) is 5.91 Å². The lowest BCUT2D eigenvalue weighted by Gasteiger charge is -2.36. The van der Waals surface area contributed by atoms with Crippen LogP contribution in [0, 0.1) is 0 Å². The number of ether oxygens (including phenoxy) is 2. The first-order valence-electron chi connectivity index (χ1n) is 8.12. The van der Waals surface area contributed by atoms with Crippen LogP contribution in [0.4, 0.5) is 0 Å². The van der Waals surface area contributed by atoms with E-state index in [9.17, 15) is 4.79 Å². The standard InChI is InChI=1S/C17H20N4O3.ClH/c1-20-6-5-19-16(20)13-11-18-4-7-21(13)17(22)12-2-3-14-15(10-12)24-9-8-23-14;/h2-3,5-6,10,13,18H,4,7-9,11H2,1H3;1H. The van der Waals surface area contributed by atoms with E-state index in [1.807, 2.05) is 22.7 Å². The molecule has 0 aliphatic carbocycles. The Kier molecular flexibility index (Phi) is 5.15. The first-order valence-corrected chi connectivity index (χ1v) is 8.12. The van der Waals surface area contributed by atoms with Gasteiger partial charge in [-0.3, -0.25) is 4.79 Å². The normalized spacial score (nSPS) is 19.2. The molecule has 0 bridgehead atoms. The predicted octanol–water partition coefficient (Wildman–Crippen LogP) is 1.40. The number of nitrogens with one attached hydrogen (secondary N) is 1. The number of aromatic nitrogens is 2. The highest BCUT2D eigenvalue weighted by Crippen LogP contribution is 2.32. The van der Waals surface area contributed by atoms with E-state index < -0.39 is 0 Å². The molecule has 3 heterocycles. The topological polar surface area (TPSA) is 68.6 Å². The first-order chi connectivity index (χ1) is 11.7. The molecule has 1 N–H and O–H groups in total. The Morgan fingerprint density at radius 2 is 2.08 bits per heavy atom. The SMILES string of the molecule is Cl.Cn1ccnc1C1CNCCN1C(=O)c1ccc2c(c1)OCCO2. The maximum Gasteiger partial charge on any atom is 0.254 e. The summed E-state index contributed by atoms with van der Waals surface area (Å²) in [6, 6.07) is 5.29. The van der Waals surface area contributed by atoms with Gasteiger partial charge in [-0.05, 0) is 18.2 Å². The third-order valence-corrected chi connectivity index (χ3v) is 4.45. The summed E-state index contributed by atoms with van der Waals surface area (Å²) in [7, 11) is 1.95. The molecule has 0 spiro atoms. The molecule has 2 aromatic rings. The van der Waals surface area contributed by atoms with Crippen molar-refractivity contribution in [3.63, 3.8) is 0 Å². The molecule has 0 radical (unpaired) electrons. The lowest BCUT2D eigenvalue weighted by Crippen LogP contribution is -2.49. The fourth-order valence-corrected chi connectivity index (χ4v) is 3.22. The third kappa shape index (κ3) is 3.29. The lowest BCUT2D eigenvalue weighted by atomic mass is 10.1. The second-order valence-electron chi connectivity index (χ2n) is 5.97. The van der Waals surface area contributed by atoms with E-state index in [1.54, 1.807) is 24.4 Å². The van der Waals surface area contributed by atoms with Gasteiger partial charge < -0.3 is 24.3 Å². The van der Waals surface area contributed by atoms with Crippen LogP contribution < -0.4 is 14.8 Å². The van der Waals surface area contributed by atoms with Crippen LogP contribution in [-0.2, 0) is 7.05 Å². The molecule has 8 heteroatoms. The summed E-state index contributed by atoms with van der Waals surface area (Å²) < 4.78 is 13.1. The number of carbonyl (C=O) groups is 1. The van der Waals surface area contributed by atoms with Crippen molar-refractivity contribution in [1.29, 1.82) is 0 Å². The number of benzene rings is 1. The van der Waals surface area contributed by atoms with Gasteiger partial charge in [-0.15, -0.1) is 12.4 Å². The molecule has 1 aromatic carbocycles. The smallest absolute Gasteiger partial charge is 0.254 e. The highest BCUT2D eigenvalue weighted by atomic mass is 35.5. The number of hydrogen-bond donors (Lipinski definition) is 1. The maximum absolute atomic E-state index is 13.1. The van der Waals surface area contributed by atoms with Crippen molar-refractivity contribution in [2.75, 3.05) is 32.8 Å². The van der Waals surface area contributed by atoms with E-state index in [0.717, 1.165) is 12.4 Å². The second-order valence-corrected chi connectivity index (χ2v) is 5.97. The van der Waals surface area contributed by atoms with Gasteiger partial charge in [0.2, 0.25) is 0 Å². The Labute approximate surface area is 152 Å². The van der Waals surface area contributed by atoms with Crippen LogP contribution in [-0.4, -0.2) is 53.2 Å². The van der Waals surface area contributed by atoms with Gasteiger partial charge >= 0.3 is 0 Å². The Morgan fingerprint density at radius 1 is 1.28 bits per heavy atom. The van der Waals surface area contributed by atoms with Crippen molar-refractivity contribution in [3.8, 4) is 11.5 Å². The summed E-state index contributed by atoms with van der Waals surface area (Å²) in [5, 5.41) is 3.34. The molecule has 1 atom stereocenters. The summed E-state index contributed by atoms with van der Waals surface area (Å²) >= 11 is 0. The van der Waals surface area contributed by atoms with E-state index in [0.29, 0.717) is 43.4 Å². The zero-order valence-corrected chi connectivity index (χ0v) is 14.8. The molecule has 7 nitrogen and oxygen atoms in total. The Hall–Kier alpha value is -2.25. The minimum atomic E-state index is -0.0838.